The fourth-order valence-corrected chi connectivity index (χ4v) is 1.69. The summed E-state index contributed by atoms with van der Waals surface area (Å²) in [4.78, 5) is 0. The third kappa shape index (κ3) is 1.82. The van der Waals surface area contributed by atoms with Crippen LogP contribution in [0.2, 0.25) is 0 Å². The summed E-state index contributed by atoms with van der Waals surface area (Å²) in [6.45, 7) is 0.693. The standard InChI is InChI=1S/C11H10BrNO/c12-10-6-7-13(11(10)14)8-9-4-2-1-3-5-9/h1-7,14H,8H2. The molecule has 0 spiro atoms. The Morgan fingerprint density at radius 3 is 2.43 bits per heavy atom. The summed E-state index contributed by atoms with van der Waals surface area (Å²) in [5, 5.41) is 9.61. The van der Waals surface area contributed by atoms with Crippen LogP contribution in [0, 0.1) is 0 Å². The second kappa shape index (κ2) is 3.88. The van der Waals surface area contributed by atoms with Crippen molar-refractivity contribution in [2.45, 2.75) is 6.54 Å². The maximum absolute atomic E-state index is 9.61. The minimum Gasteiger partial charge on any atom is -0.494 e. The first-order valence-electron chi connectivity index (χ1n) is 4.35. The Labute approximate surface area is 90.9 Å². The number of nitrogens with zero attached hydrogens (tertiary/aromatic N) is 1. The quantitative estimate of drug-likeness (QED) is 0.873. The molecule has 0 atom stereocenters. The molecule has 72 valence electrons. The van der Waals surface area contributed by atoms with E-state index in [0.717, 1.165) is 4.47 Å². The van der Waals surface area contributed by atoms with Gasteiger partial charge in [-0.15, -0.1) is 0 Å². The highest BCUT2D eigenvalue weighted by molar-refractivity contribution is 9.10. The van der Waals surface area contributed by atoms with Crippen molar-refractivity contribution in [2.75, 3.05) is 0 Å². The van der Waals surface area contributed by atoms with E-state index >= 15 is 0 Å². The van der Waals surface area contributed by atoms with Crippen LogP contribution in [0.5, 0.6) is 5.88 Å². The van der Waals surface area contributed by atoms with E-state index in [1.807, 2.05) is 42.6 Å². The van der Waals surface area contributed by atoms with Crippen LogP contribution in [0.15, 0.2) is 47.1 Å². The van der Waals surface area contributed by atoms with Gasteiger partial charge in [-0.25, -0.2) is 0 Å². The minimum atomic E-state index is 0.272. The van der Waals surface area contributed by atoms with Crippen LogP contribution in [0.3, 0.4) is 0 Å². The van der Waals surface area contributed by atoms with Gasteiger partial charge >= 0.3 is 0 Å². The van der Waals surface area contributed by atoms with E-state index in [9.17, 15) is 5.11 Å². The lowest BCUT2D eigenvalue weighted by Gasteiger charge is -2.04. The Balaban J connectivity index is 2.23. The number of hydrogen-bond donors (Lipinski definition) is 1. The highest BCUT2D eigenvalue weighted by Crippen LogP contribution is 2.25. The molecule has 1 heterocycles. The van der Waals surface area contributed by atoms with Crippen LogP contribution in [0.4, 0.5) is 0 Å². The van der Waals surface area contributed by atoms with Gasteiger partial charge in [0.05, 0.1) is 11.0 Å². The molecule has 0 bridgehead atoms. The number of benzene rings is 1. The molecule has 0 radical (unpaired) electrons. The van der Waals surface area contributed by atoms with Gasteiger partial charge in [-0.1, -0.05) is 30.3 Å². The lowest BCUT2D eigenvalue weighted by molar-refractivity contribution is 0.421. The van der Waals surface area contributed by atoms with Gasteiger partial charge in [-0.05, 0) is 27.6 Å². The van der Waals surface area contributed by atoms with Crippen molar-refractivity contribution in [3.05, 3.63) is 52.6 Å². The summed E-state index contributed by atoms with van der Waals surface area (Å²) in [5.41, 5.74) is 1.17. The predicted molar refractivity (Wildman–Crippen MR) is 59.3 cm³/mol. The molecule has 2 aromatic rings. The topological polar surface area (TPSA) is 25.2 Å². The van der Waals surface area contributed by atoms with Crippen molar-refractivity contribution in [1.82, 2.24) is 4.57 Å². The first-order valence-corrected chi connectivity index (χ1v) is 5.14. The van der Waals surface area contributed by atoms with Gasteiger partial charge in [-0.2, -0.15) is 0 Å². The highest BCUT2D eigenvalue weighted by Gasteiger charge is 2.04. The predicted octanol–water partition coefficient (Wildman–Crippen LogP) is 3.00. The van der Waals surface area contributed by atoms with Crippen LogP contribution in [-0.4, -0.2) is 9.67 Å². The maximum Gasteiger partial charge on any atom is 0.205 e. The molecular weight excluding hydrogens is 242 g/mol. The summed E-state index contributed by atoms with van der Waals surface area (Å²) in [6.07, 6.45) is 1.85. The van der Waals surface area contributed by atoms with Crippen molar-refractivity contribution in [3.63, 3.8) is 0 Å². The number of rotatable bonds is 2. The van der Waals surface area contributed by atoms with Crippen molar-refractivity contribution in [2.24, 2.45) is 0 Å². The van der Waals surface area contributed by atoms with Crippen LogP contribution in [-0.2, 0) is 6.54 Å². The van der Waals surface area contributed by atoms with Crippen molar-refractivity contribution in [3.8, 4) is 5.88 Å². The van der Waals surface area contributed by atoms with Crippen LogP contribution < -0.4 is 0 Å². The smallest absolute Gasteiger partial charge is 0.205 e. The summed E-state index contributed by atoms with van der Waals surface area (Å²) >= 11 is 3.26. The van der Waals surface area contributed by atoms with E-state index in [1.165, 1.54) is 5.56 Å². The van der Waals surface area contributed by atoms with E-state index in [1.54, 1.807) is 4.57 Å². The lowest BCUT2D eigenvalue weighted by Crippen LogP contribution is -1.96. The van der Waals surface area contributed by atoms with Crippen molar-refractivity contribution >= 4 is 15.9 Å². The van der Waals surface area contributed by atoms with Crippen molar-refractivity contribution < 1.29 is 5.11 Å². The summed E-state index contributed by atoms with van der Waals surface area (Å²) in [7, 11) is 0. The molecule has 0 amide bonds. The fraction of sp³-hybridized carbons (Fsp3) is 0.0909. The number of hydrogen-bond acceptors (Lipinski definition) is 1. The van der Waals surface area contributed by atoms with Gasteiger partial charge < -0.3 is 9.67 Å². The Morgan fingerprint density at radius 1 is 1.14 bits per heavy atom. The molecule has 1 N–H and O–H groups in total. The van der Waals surface area contributed by atoms with E-state index in [0.29, 0.717) is 6.54 Å². The summed E-state index contributed by atoms with van der Waals surface area (Å²) in [5.74, 6) is 0.272. The Morgan fingerprint density at radius 2 is 1.86 bits per heavy atom. The number of halogens is 1. The van der Waals surface area contributed by atoms with Gasteiger partial charge in [0.15, 0.2) is 0 Å². The monoisotopic (exact) mass is 251 g/mol. The van der Waals surface area contributed by atoms with Gasteiger partial charge in [0.25, 0.3) is 0 Å². The average Bonchev–Trinajstić information content (AvgIpc) is 2.52. The first kappa shape index (κ1) is 9.34. The molecule has 2 nitrogen and oxygen atoms in total. The summed E-state index contributed by atoms with van der Waals surface area (Å²) in [6, 6.07) is 11.9. The Kier molecular flexibility index (Phi) is 2.59. The van der Waals surface area contributed by atoms with Gasteiger partial charge in [-0.3, -0.25) is 0 Å². The number of aromatic nitrogens is 1. The zero-order chi connectivity index (χ0) is 9.97. The molecule has 1 aromatic carbocycles. The third-order valence-corrected chi connectivity index (χ3v) is 2.70. The van der Waals surface area contributed by atoms with Gasteiger partial charge in [0.1, 0.15) is 0 Å². The van der Waals surface area contributed by atoms with Crippen LogP contribution >= 0.6 is 15.9 Å². The largest absolute Gasteiger partial charge is 0.494 e. The molecule has 0 saturated heterocycles. The van der Waals surface area contributed by atoms with E-state index in [4.69, 9.17) is 0 Å². The van der Waals surface area contributed by atoms with Gasteiger partial charge in [0, 0.05) is 6.20 Å². The second-order valence-electron chi connectivity index (χ2n) is 3.10. The zero-order valence-electron chi connectivity index (χ0n) is 7.52. The Hall–Kier alpha value is -1.22. The lowest BCUT2D eigenvalue weighted by atomic mass is 10.2. The normalized spacial score (nSPS) is 10.4. The van der Waals surface area contributed by atoms with E-state index in [2.05, 4.69) is 15.9 Å². The van der Waals surface area contributed by atoms with E-state index < -0.39 is 0 Å². The SMILES string of the molecule is Oc1c(Br)ccn1Cc1ccccc1. The molecule has 14 heavy (non-hydrogen) atoms. The Bertz CT molecular complexity index is 422. The molecule has 0 fully saturated rings. The summed E-state index contributed by atoms with van der Waals surface area (Å²) < 4.78 is 2.52. The molecule has 3 heteroatoms. The molecular formula is C11H10BrNO. The zero-order valence-corrected chi connectivity index (χ0v) is 9.11. The first-order chi connectivity index (χ1) is 6.77. The molecule has 0 aliphatic heterocycles. The average molecular weight is 252 g/mol. The van der Waals surface area contributed by atoms with E-state index in [-0.39, 0.29) is 5.88 Å². The molecule has 0 aliphatic carbocycles. The van der Waals surface area contributed by atoms with Gasteiger partial charge in [0.2, 0.25) is 5.88 Å². The molecule has 2 rings (SSSR count). The van der Waals surface area contributed by atoms with Crippen LogP contribution in [0.25, 0.3) is 0 Å². The minimum absolute atomic E-state index is 0.272. The maximum atomic E-state index is 9.61. The third-order valence-electron chi connectivity index (χ3n) is 2.08. The second-order valence-corrected chi connectivity index (χ2v) is 3.96. The molecule has 0 saturated carbocycles. The fourth-order valence-electron chi connectivity index (χ4n) is 1.35. The number of aromatic hydroxyl groups is 1. The molecule has 0 unspecified atom stereocenters. The van der Waals surface area contributed by atoms with Crippen molar-refractivity contribution in [1.29, 1.82) is 0 Å². The molecule has 0 aliphatic rings. The highest BCUT2D eigenvalue weighted by atomic mass is 79.9. The molecule has 1 aromatic heterocycles. The van der Waals surface area contributed by atoms with Crippen LogP contribution in [0.1, 0.15) is 5.56 Å².